The lowest BCUT2D eigenvalue weighted by Crippen LogP contribution is -2.24. The number of hydrogen-bond acceptors (Lipinski definition) is 3. The Morgan fingerprint density at radius 3 is 2.27 bits per heavy atom. The number of hydrogen-bond donors (Lipinski definition) is 1. The zero-order valence-corrected chi connectivity index (χ0v) is 17.8. The van der Waals surface area contributed by atoms with Crippen LogP contribution >= 0.6 is 11.6 Å². The molecule has 30 heavy (non-hydrogen) atoms. The molecule has 3 aromatic rings. The molecule has 0 atom stereocenters. The van der Waals surface area contributed by atoms with Gasteiger partial charge in [0.2, 0.25) is 0 Å². The van der Waals surface area contributed by atoms with Gasteiger partial charge in [0, 0.05) is 10.7 Å². The summed E-state index contributed by atoms with van der Waals surface area (Å²) < 4.78 is 18.8. The number of halogens is 2. The molecule has 0 saturated carbocycles. The highest BCUT2D eigenvalue weighted by molar-refractivity contribution is 6.30. The van der Waals surface area contributed by atoms with Gasteiger partial charge < -0.3 is 10.1 Å². The van der Waals surface area contributed by atoms with Gasteiger partial charge in [-0.25, -0.2) is 9.18 Å². The molecule has 0 aliphatic carbocycles. The molecule has 0 fully saturated rings. The van der Waals surface area contributed by atoms with Crippen molar-refractivity contribution in [3.63, 3.8) is 0 Å². The fourth-order valence-corrected chi connectivity index (χ4v) is 2.97. The van der Waals surface area contributed by atoms with Crippen molar-refractivity contribution in [2.75, 3.05) is 5.32 Å². The lowest BCUT2D eigenvalue weighted by Gasteiger charge is -2.21. The quantitative estimate of drug-likeness (QED) is 0.344. The smallest absolute Gasteiger partial charge is 0.340 e. The van der Waals surface area contributed by atoms with Gasteiger partial charge in [0.25, 0.3) is 0 Å². The molecule has 3 nitrogen and oxygen atoms in total. The summed E-state index contributed by atoms with van der Waals surface area (Å²) in [5.41, 5.74) is 2.86. The van der Waals surface area contributed by atoms with E-state index >= 15 is 0 Å². The van der Waals surface area contributed by atoms with Crippen molar-refractivity contribution in [3.8, 4) is 0 Å². The second-order valence-electron chi connectivity index (χ2n) is 7.83. The van der Waals surface area contributed by atoms with Gasteiger partial charge in [0.15, 0.2) is 0 Å². The van der Waals surface area contributed by atoms with Crippen molar-refractivity contribution < 1.29 is 13.9 Å². The van der Waals surface area contributed by atoms with Gasteiger partial charge in [-0.3, -0.25) is 0 Å². The van der Waals surface area contributed by atoms with Crippen LogP contribution in [0.25, 0.3) is 12.2 Å². The summed E-state index contributed by atoms with van der Waals surface area (Å²) in [6, 6.07) is 18.9. The Kier molecular flexibility index (Phi) is 6.58. The minimum Gasteiger partial charge on any atom is -0.456 e. The van der Waals surface area contributed by atoms with Crippen molar-refractivity contribution in [1.29, 1.82) is 0 Å². The van der Waals surface area contributed by atoms with Crippen LogP contribution in [0, 0.1) is 5.82 Å². The van der Waals surface area contributed by atoms with Crippen LogP contribution in [0.15, 0.2) is 66.7 Å². The minimum absolute atomic E-state index is 0.328. The molecule has 3 aromatic carbocycles. The third kappa shape index (κ3) is 6.19. The SMILES string of the molecule is CC(C)(C)OC(=O)c1ccc(/C=C/c2cccc(Cl)c2)cc1Nc1ccc(F)cc1. The number of benzene rings is 3. The third-order valence-corrected chi connectivity index (χ3v) is 4.34. The average molecular weight is 424 g/mol. The Hall–Kier alpha value is -3.11. The zero-order valence-electron chi connectivity index (χ0n) is 17.1. The molecule has 3 rings (SSSR count). The maximum Gasteiger partial charge on any atom is 0.340 e. The Morgan fingerprint density at radius 1 is 0.967 bits per heavy atom. The van der Waals surface area contributed by atoms with Gasteiger partial charge in [-0.2, -0.15) is 0 Å². The minimum atomic E-state index is -0.616. The molecule has 0 spiro atoms. The predicted molar refractivity (Wildman–Crippen MR) is 122 cm³/mol. The highest BCUT2D eigenvalue weighted by Gasteiger charge is 2.20. The summed E-state index contributed by atoms with van der Waals surface area (Å²) in [5.74, 6) is -0.761. The summed E-state index contributed by atoms with van der Waals surface area (Å²) in [6.45, 7) is 5.46. The van der Waals surface area contributed by atoms with Crippen LogP contribution < -0.4 is 5.32 Å². The standard InChI is InChI=1S/C25H23ClFNO2/c1-25(2,3)30-24(29)22-14-9-18(8-7-17-5-4-6-19(26)15-17)16-23(22)28-21-12-10-20(27)11-13-21/h4-16,28H,1-3H3/b8-7+. The molecule has 5 heteroatoms. The van der Waals surface area contributed by atoms with Crippen LogP contribution in [-0.4, -0.2) is 11.6 Å². The lowest BCUT2D eigenvalue weighted by molar-refractivity contribution is 0.00707. The van der Waals surface area contributed by atoms with E-state index in [9.17, 15) is 9.18 Å². The summed E-state index contributed by atoms with van der Waals surface area (Å²) in [5, 5.41) is 3.85. The van der Waals surface area contributed by atoms with E-state index in [1.807, 2.05) is 69.3 Å². The Morgan fingerprint density at radius 2 is 1.63 bits per heavy atom. The first-order valence-corrected chi connectivity index (χ1v) is 9.91. The molecule has 0 radical (unpaired) electrons. The van der Waals surface area contributed by atoms with Gasteiger partial charge in [-0.15, -0.1) is 0 Å². The molecule has 0 unspecified atom stereocenters. The first kappa shape index (κ1) is 21.6. The van der Waals surface area contributed by atoms with Crippen molar-refractivity contribution in [3.05, 3.63) is 94.3 Å². The normalized spacial score (nSPS) is 11.5. The summed E-state index contributed by atoms with van der Waals surface area (Å²) in [6.07, 6.45) is 3.87. The van der Waals surface area contributed by atoms with E-state index in [1.54, 1.807) is 18.2 Å². The molecule has 0 bridgehead atoms. The predicted octanol–water partition coefficient (Wildman–Crippen LogP) is 7.35. The van der Waals surface area contributed by atoms with Gasteiger partial charge in [-0.05, 0) is 80.4 Å². The first-order valence-electron chi connectivity index (χ1n) is 9.53. The highest BCUT2D eigenvalue weighted by Crippen LogP contribution is 2.26. The number of carbonyl (C=O) groups excluding carboxylic acids is 1. The fourth-order valence-electron chi connectivity index (χ4n) is 2.77. The monoisotopic (exact) mass is 423 g/mol. The Balaban J connectivity index is 1.94. The molecule has 0 aliphatic heterocycles. The maximum absolute atomic E-state index is 13.3. The molecule has 154 valence electrons. The number of rotatable bonds is 5. The lowest BCUT2D eigenvalue weighted by atomic mass is 10.1. The fraction of sp³-hybridized carbons (Fsp3) is 0.160. The van der Waals surface area contributed by atoms with Gasteiger partial charge in [0.05, 0.1) is 11.3 Å². The highest BCUT2D eigenvalue weighted by atomic mass is 35.5. The van der Waals surface area contributed by atoms with Gasteiger partial charge in [-0.1, -0.05) is 42.0 Å². The molecule has 1 N–H and O–H groups in total. The summed E-state index contributed by atoms with van der Waals surface area (Å²) >= 11 is 6.04. The van der Waals surface area contributed by atoms with E-state index in [4.69, 9.17) is 16.3 Å². The van der Waals surface area contributed by atoms with Crippen LogP contribution in [0.5, 0.6) is 0 Å². The number of esters is 1. The summed E-state index contributed by atoms with van der Waals surface area (Å²) in [4.78, 5) is 12.7. The zero-order chi connectivity index (χ0) is 21.7. The number of carbonyl (C=O) groups is 1. The van der Waals surface area contributed by atoms with Gasteiger partial charge in [0.1, 0.15) is 11.4 Å². The molecule has 0 amide bonds. The topological polar surface area (TPSA) is 38.3 Å². The van der Waals surface area contributed by atoms with Crippen molar-refractivity contribution in [2.45, 2.75) is 26.4 Å². The summed E-state index contributed by atoms with van der Waals surface area (Å²) in [7, 11) is 0. The van der Waals surface area contributed by atoms with E-state index in [2.05, 4.69) is 5.32 Å². The van der Waals surface area contributed by atoms with Crippen molar-refractivity contribution in [2.24, 2.45) is 0 Å². The van der Waals surface area contributed by atoms with Crippen LogP contribution in [0.1, 0.15) is 42.3 Å². The van der Waals surface area contributed by atoms with E-state index in [-0.39, 0.29) is 5.82 Å². The van der Waals surface area contributed by atoms with Crippen molar-refractivity contribution >= 4 is 41.1 Å². The molecule has 0 aliphatic rings. The Bertz CT molecular complexity index is 1070. The van der Waals surface area contributed by atoms with Crippen molar-refractivity contribution in [1.82, 2.24) is 0 Å². The van der Waals surface area contributed by atoms with Crippen LogP contribution in [-0.2, 0) is 4.74 Å². The van der Waals surface area contributed by atoms with Crippen LogP contribution in [0.3, 0.4) is 0 Å². The molecule has 0 heterocycles. The van der Waals surface area contributed by atoms with Crippen LogP contribution in [0.2, 0.25) is 5.02 Å². The van der Waals surface area contributed by atoms with Gasteiger partial charge >= 0.3 is 5.97 Å². The molecule has 0 saturated heterocycles. The van der Waals surface area contributed by atoms with E-state index in [0.717, 1.165) is 11.1 Å². The van der Waals surface area contributed by atoms with Crippen LogP contribution in [0.4, 0.5) is 15.8 Å². The van der Waals surface area contributed by atoms with E-state index in [0.29, 0.717) is 22.0 Å². The van der Waals surface area contributed by atoms with E-state index < -0.39 is 11.6 Å². The molecular formula is C25H23ClFNO2. The molecular weight excluding hydrogens is 401 g/mol. The number of nitrogens with one attached hydrogen (secondary N) is 1. The largest absolute Gasteiger partial charge is 0.456 e. The first-order chi connectivity index (χ1) is 14.2. The maximum atomic E-state index is 13.3. The average Bonchev–Trinajstić information content (AvgIpc) is 2.67. The van der Waals surface area contributed by atoms with E-state index in [1.165, 1.54) is 12.1 Å². The second-order valence-corrected chi connectivity index (χ2v) is 8.26. The number of ether oxygens (including phenoxy) is 1. The molecule has 0 aromatic heterocycles. The third-order valence-electron chi connectivity index (χ3n) is 4.10. The Labute approximate surface area is 181 Å². The second kappa shape index (κ2) is 9.14. The number of anilines is 2.